The highest BCUT2D eigenvalue weighted by Crippen LogP contribution is 2.22. The third-order valence-electron chi connectivity index (χ3n) is 3.89. The number of para-hydroxylation sites is 2. The highest BCUT2D eigenvalue weighted by molar-refractivity contribution is 5.99. The van der Waals surface area contributed by atoms with Gasteiger partial charge < -0.3 is 4.98 Å². The van der Waals surface area contributed by atoms with Gasteiger partial charge in [0.2, 0.25) is 5.95 Å². The summed E-state index contributed by atoms with van der Waals surface area (Å²) >= 11 is 0. The molecule has 0 spiro atoms. The Labute approximate surface area is 136 Å². The summed E-state index contributed by atoms with van der Waals surface area (Å²) in [6.45, 7) is 8.63. The zero-order valence-electron chi connectivity index (χ0n) is 14.0. The Morgan fingerprint density at radius 2 is 1.74 bits per heavy atom. The van der Waals surface area contributed by atoms with Gasteiger partial charge in [-0.3, -0.25) is 0 Å². The van der Waals surface area contributed by atoms with Crippen LogP contribution in [0.5, 0.6) is 0 Å². The third-order valence-corrected chi connectivity index (χ3v) is 3.89. The summed E-state index contributed by atoms with van der Waals surface area (Å²) in [5, 5.41) is 4.42. The molecule has 1 heterocycles. The second-order valence-electron chi connectivity index (χ2n) is 6.74. The monoisotopic (exact) mass is 306 g/mol. The van der Waals surface area contributed by atoms with Crippen molar-refractivity contribution in [3.63, 3.8) is 0 Å². The lowest BCUT2D eigenvalue weighted by Crippen LogP contribution is -2.11. The molecule has 4 heteroatoms. The van der Waals surface area contributed by atoms with Crippen molar-refractivity contribution in [2.45, 2.75) is 33.1 Å². The number of aromatic nitrogens is 2. The Kier molecular flexibility index (Phi) is 3.90. The normalized spacial score (nSPS) is 12.6. The molecule has 3 rings (SSSR count). The molecule has 0 radical (unpaired) electrons. The molecular weight excluding hydrogens is 284 g/mol. The van der Waals surface area contributed by atoms with Gasteiger partial charge in [0, 0.05) is 0 Å². The molecule has 3 aromatic rings. The van der Waals surface area contributed by atoms with Crippen molar-refractivity contribution in [3.05, 3.63) is 59.7 Å². The van der Waals surface area contributed by atoms with E-state index < -0.39 is 0 Å². The van der Waals surface area contributed by atoms with Gasteiger partial charge in [0.15, 0.2) is 0 Å². The predicted octanol–water partition coefficient (Wildman–Crippen LogP) is 4.70. The number of fused-ring (bicyclic) bond motifs is 1. The summed E-state index contributed by atoms with van der Waals surface area (Å²) in [5.41, 5.74) is 8.43. The molecular formula is C19H22N4. The number of hydrogen-bond acceptors (Lipinski definition) is 3. The predicted molar refractivity (Wildman–Crippen MR) is 97.1 cm³/mol. The van der Waals surface area contributed by atoms with Crippen LogP contribution < -0.4 is 5.43 Å². The van der Waals surface area contributed by atoms with E-state index in [1.165, 1.54) is 5.56 Å². The number of aromatic amines is 1. The van der Waals surface area contributed by atoms with Crippen molar-refractivity contribution in [1.29, 1.82) is 0 Å². The average molecular weight is 306 g/mol. The van der Waals surface area contributed by atoms with Crippen molar-refractivity contribution in [1.82, 2.24) is 9.97 Å². The molecule has 0 aliphatic heterocycles. The molecule has 1 aromatic heterocycles. The molecule has 118 valence electrons. The minimum absolute atomic E-state index is 0.163. The van der Waals surface area contributed by atoms with Crippen LogP contribution in [0.4, 0.5) is 5.95 Å². The average Bonchev–Trinajstić information content (AvgIpc) is 2.95. The van der Waals surface area contributed by atoms with Crippen molar-refractivity contribution in [2.24, 2.45) is 5.10 Å². The molecule has 0 saturated heterocycles. The van der Waals surface area contributed by atoms with E-state index in [2.05, 4.69) is 65.5 Å². The molecule has 2 N–H and O–H groups in total. The van der Waals surface area contributed by atoms with E-state index >= 15 is 0 Å². The maximum atomic E-state index is 4.45. The summed E-state index contributed by atoms with van der Waals surface area (Å²) in [4.78, 5) is 7.65. The van der Waals surface area contributed by atoms with Gasteiger partial charge in [-0.15, -0.1) is 0 Å². The van der Waals surface area contributed by atoms with E-state index in [4.69, 9.17) is 0 Å². The van der Waals surface area contributed by atoms with Gasteiger partial charge in [-0.05, 0) is 35.6 Å². The molecule has 23 heavy (non-hydrogen) atoms. The topological polar surface area (TPSA) is 53.1 Å². The van der Waals surface area contributed by atoms with E-state index in [0.717, 1.165) is 22.3 Å². The van der Waals surface area contributed by atoms with Gasteiger partial charge >= 0.3 is 0 Å². The third kappa shape index (κ3) is 3.42. The first-order valence-corrected chi connectivity index (χ1v) is 7.79. The van der Waals surface area contributed by atoms with Crippen LogP contribution in [0.25, 0.3) is 11.0 Å². The maximum absolute atomic E-state index is 4.45. The highest BCUT2D eigenvalue weighted by Gasteiger charge is 2.13. The minimum atomic E-state index is 0.163. The summed E-state index contributed by atoms with van der Waals surface area (Å²) in [6.07, 6.45) is 0. The zero-order chi connectivity index (χ0) is 16.4. The quantitative estimate of drug-likeness (QED) is 0.544. The summed E-state index contributed by atoms with van der Waals surface area (Å²) in [7, 11) is 0. The molecule has 0 bridgehead atoms. The first-order valence-electron chi connectivity index (χ1n) is 7.79. The van der Waals surface area contributed by atoms with Gasteiger partial charge in [-0.1, -0.05) is 57.2 Å². The lowest BCUT2D eigenvalue weighted by molar-refractivity contribution is 0.590. The van der Waals surface area contributed by atoms with Crippen LogP contribution in [0, 0.1) is 0 Å². The summed E-state index contributed by atoms with van der Waals surface area (Å²) < 4.78 is 0. The zero-order valence-corrected chi connectivity index (χ0v) is 14.0. The lowest BCUT2D eigenvalue weighted by Gasteiger charge is -2.19. The second kappa shape index (κ2) is 5.88. The van der Waals surface area contributed by atoms with Crippen molar-refractivity contribution in [2.75, 3.05) is 5.43 Å². The number of nitrogens with zero attached hydrogens (tertiary/aromatic N) is 2. The van der Waals surface area contributed by atoms with Crippen LogP contribution in [0.2, 0.25) is 0 Å². The number of hydrazone groups is 1. The number of nitrogens with one attached hydrogen (secondary N) is 2. The largest absolute Gasteiger partial charge is 0.323 e. The van der Waals surface area contributed by atoms with Crippen LogP contribution in [0.3, 0.4) is 0 Å². The highest BCUT2D eigenvalue weighted by atomic mass is 15.4. The van der Waals surface area contributed by atoms with Crippen molar-refractivity contribution < 1.29 is 0 Å². The van der Waals surface area contributed by atoms with Crippen LogP contribution in [0.1, 0.15) is 38.8 Å². The Morgan fingerprint density at radius 3 is 2.39 bits per heavy atom. The number of anilines is 1. The molecule has 2 aromatic carbocycles. The van der Waals surface area contributed by atoms with Gasteiger partial charge in [0.1, 0.15) is 0 Å². The SMILES string of the molecule is CC(=NNc1nc2ccccc2[nH]1)c1ccc(C(C)(C)C)cc1. The van der Waals surface area contributed by atoms with E-state index in [-0.39, 0.29) is 5.41 Å². The van der Waals surface area contributed by atoms with E-state index in [0.29, 0.717) is 5.95 Å². The van der Waals surface area contributed by atoms with E-state index in [9.17, 15) is 0 Å². The fraction of sp³-hybridized carbons (Fsp3) is 0.263. The summed E-state index contributed by atoms with van der Waals surface area (Å²) in [5.74, 6) is 0.650. The minimum Gasteiger partial charge on any atom is -0.323 e. The Morgan fingerprint density at radius 1 is 1.04 bits per heavy atom. The first-order chi connectivity index (χ1) is 10.9. The number of hydrogen-bond donors (Lipinski definition) is 2. The van der Waals surface area contributed by atoms with Crippen LogP contribution in [-0.2, 0) is 5.41 Å². The molecule has 4 nitrogen and oxygen atoms in total. The second-order valence-corrected chi connectivity index (χ2v) is 6.74. The molecule has 0 fully saturated rings. The van der Waals surface area contributed by atoms with Crippen LogP contribution in [0.15, 0.2) is 53.6 Å². The van der Waals surface area contributed by atoms with Gasteiger partial charge in [0.05, 0.1) is 16.7 Å². The number of rotatable bonds is 3. The number of imidazole rings is 1. The molecule has 0 atom stereocenters. The molecule has 0 amide bonds. The van der Waals surface area contributed by atoms with Gasteiger partial charge in [-0.2, -0.15) is 5.10 Å². The van der Waals surface area contributed by atoms with E-state index in [1.807, 2.05) is 31.2 Å². The van der Waals surface area contributed by atoms with Gasteiger partial charge in [0.25, 0.3) is 0 Å². The van der Waals surface area contributed by atoms with Crippen molar-refractivity contribution in [3.8, 4) is 0 Å². The first kappa shape index (κ1) is 15.3. The summed E-state index contributed by atoms with van der Waals surface area (Å²) in [6, 6.07) is 16.5. The smallest absolute Gasteiger partial charge is 0.222 e. The fourth-order valence-electron chi connectivity index (χ4n) is 2.42. The Hall–Kier alpha value is -2.62. The van der Waals surface area contributed by atoms with Crippen LogP contribution >= 0.6 is 0 Å². The molecule has 0 saturated carbocycles. The Balaban J connectivity index is 1.76. The Bertz CT molecular complexity index is 803. The molecule has 0 unspecified atom stereocenters. The number of benzene rings is 2. The molecule has 0 aliphatic rings. The number of H-pyrrole nitrogens is 1. The lowest BCUT2D eigenvalue weighted by atomic mass is 9.86. The maximum Gasteiger partial charge on any atom is 0.222 e. The van der Waals surface area contributed by atoms with Crippen LogP contribution in [-0.4, -0.2) is 15.7 Å². The molecule has 0 aliphatic carbocycles. The van der Waals surface area contributed by atoms with Crippen molar-refractivity contribution >= 4 is 22.7 Å². The standard InChI is InChI=1S/C19H22N4/c1-13(14-9-11-15(12-10-14)19(2,3)4)22-23-18-20-16-7-5-6-8-17(16)21-18/h5-12H,1-4H3,(H2,20,21,23). The fourth-order valence-corrected chi connectivity index (χ4v) is 2.42. The van der Waals surface area contributed by atoms with Gasteiger partial charge in [-0.25, -0.2) is 10.4 Å². The van der Waals surface area contributed by atoms with E-state index in [1.54, 1.807) is 0 Å².